The van der Waals surface area contributed by atoms with E-state index in [4.69, 9.17) is 0 Å². The number of nitrogens with zero attached hydrogens (tertiary/aromatic N) is 1. The zero-order valence-electron chi connectivity index (χ0n) is 8.59. The molecule has 1 aliphatic heterocycles. The third kappa shape index (κ3) is 1.94. The second kappa shape index (κ2) is 3.90. The highest BCUT2D eigenvalue weighted by Crippen LogP contribution is 2.10. The predicted molar refractivity (Wildman–Crippen MR) is 57.5 cm³/mol. The smallest absolute Gasteiger partial charge is 0.326 e. The van der Waals surface area contributed by atoms with Crippen LogP contribution in [0.5, 0.6) is 0 Å². The first-order valence-electron chi connectivity index (χ1n) is 4.97. The Morgan fingerprint density at radius 2 is 1.80 bits per heavy atom. The van der Waals surface area contributed by atoms with E-state index >= 15 is 0 Å². The van der Waals surface area contributed by atoms with Crippen LogP contribution in [-0.4, -0.2) is 36.1 Å². The first-order valence-corrected chi connectivity index (χ1v) is 4.97. The molecule has 0 amide bonds. The molecular formula is C9H14N4O2. The largest absolute Gasteiger partial charge is 0.363 e. The lowest BCUT2D eigenvalue weighted by molar-refractivity contribution is 0.585. The Bertz CT molecular complexity index is 456. The van der Waals surface area contributed by atoms with E-state index in [1.807, 2.05) is 4.90 Å². The van der Waals surface area contributed by atoms with E-state index in [-0.39, 0.29) is 5.56 Å². The number of aromatic amines is 2. The fourth-order valence-electron chi connectivity index (χ4n) is 1.86. The Hall–Kier alpha value is -1.56. The molecule has 6 heteroatoms. The number of rotatable bonds is 1. The van der Waals surface area contributed by atoms with Crippen molar-refractivity contribution in [1.29, 1.82) is 0 Å². The first-order chi connectivity index (χ1) is 7.18. The maximum Gasteiger partial charge on any atom is 0.326 e. The van der Waals surface area contributed by atoms with Crippen LogP contribution in [0.25, 0.3) is 0 Å². The minimum absolute atomic E-state index is 0.307. The fraction of sp³-hybridized carbons (Fsp3) is 0.556. The molecule has 1 saturated heterocycles. The molecule has 0 aliphatic carbocycles. The molecule has 0 radical (unpaired) electrons. The summed E-state index contributed by atoms with van der Waals surface area (Å²) >= 11 is 0. The molecule has 0 spiro atoms. The van der Waals surface area contributed by atoms with Crippen molar-refractivity contribution in [1.82, 2.24) is 15.3 Å². The lowest BCUT2D eigenvalue weighted by atomic mass is 10.3. The monoisotopic (exact) mass is 210 g/mol. The standard InChI is InChI=1S/C9H14N4O2/c1-6-7(8(14)12-9(15)11-6)13-4-2-10-3-5-13/h10H,2-5H2,1H3,(H2,11,12,14,15). The summed E-state index contributed by atoms with van der Waals surface area (Å²) in [5.41, 5.74) is 0.455. The summed E-state index contributed by atoms with van der Waals surface area (Å²) < 4.78 is 0. The molecule has 0 bridgehead atoms. The molecule has 1 aromatic heterocycles. The summed E-state index contributed by atoms with van der Waals surface area (Å²) in [4.78, 5) is 29.5. The number of anilines is 1. The molecule has 6 nitrogen and oxygen atoms in total. The number of aryl methyl sites for hydroxylation is 1. The molecule has 2 heterocycles. The van der Waals surface area contributed by atoms with E-state index in [0.29, 0.717) is 11.4 Å². The van der Waals surface area contributed by atoms with Gasteiger partial charge in [0.2, 0.25) is 0 Å². The predicted octanol–water partition coefficient (Wildman–Crippen LogP) is -1.22. The van der Waals surface area contributed by atoms with Crippen molar-refractivity contribution in [2.24, 2.45) is 0 Å². The van der Waals surface area contributed by atoms with Gasteiger partial charge in [-0.3, -0.25) is 9.78 Å². The highest BCUT2D eigenvalue weighted by Gasteiger charge is 2.16. The van der Waals surface area contributed by atoms with Crippen molar-refractivity contribution in [3.8, 4) is 0 Å². The molecule has 1 fully saturated rings. The summed E-state index contributed by atoms with van der Waals surface area (Å²) in [5.74, 6) is 0. The number of hydrogen-bond donors (Lipinski definition) is 3. The van der Waals surface area contributed by atoms with E-state index in [1.54, 1.807) is 6.92 Å². The van der Waals surface area contributed by atoms with Crippen LogP contribution in [0, 0.1) is 6.92 Å². The molecule has 82 valence electrons. The molecule has 3 N–H and O–H groups in total. The topological polar surface area (TPSA) is 81.0 Å². The van der Waals surface area contributed by atoms with Gasteiger partial charge in [-0.2, -0.15) is 0 Å². The zero-order valence-corrected chi connectivity index (χ0v) is 8.59. The molecule has 0 atom stereocenters. The van der Waals surface area contributed by atoms with Gasteiger partial charge in [0.05, 0.1) is 0 Å². The van der Waals surface area contributed by atoms with Crippen molar-refractivity contribution in [2.75, 3.05) is 31.1 Å². The van der Waals surface area contributed by atoms with Gasteiger partial charge in [-0.25, -0.2) is 4.79 Å². The average molecular weight is 210 g/mol. The van der Waals surface area contributed by atoms with Gasteiger partial charge < -0.3 is 15.2 Å². The molecule has 1 aliphatic rings. The van der Waals surface area contributed by atoms with Crippen LogP contribution in [-0.2, 0) is 0 Å². The quantitative estimate of drug-likeness (QED) is 0.543. The van der Waals surface area contributed by atoms with Gasteiger partial charge in [0, 0.05) is 31.9 Å². The van der Waals surface area contributed by atoms with Crippen molar-refractivity contribution >= 4 is 5.69 Å². The van der Waals surface area contributed by atoms with Gasteiger partial charge in [-0.1, -0.05) is 0 Å². The minimum atomic E-state index is -0.448. The molecule has 15 heavy (non-hydrogen) atoms. The number of H-pyrrole nitrogens is 2. The van der Waals surface area contributed by atoms with E-state index in [2.05, 4.69) is 15.3 Å². The van der Waals surface area contributed by atoms with Gasteiger partial charge >= 0.3 is 5.69 Å². The van der Waals surface area contributed by atoms with Gasteiger partial charge in [0.15, 0.2) is 0 Å². The normalized spacial score (nSPS) is 16.7. The molecule has 0 aromatic carbocycles. The maximum absolute atomic E-state index is 11.6. The molecule has 2 rings (SSSR count). The molecule has 0 unspecified atom stereocenters. The van der Waals surface area contributed by atoms with Crippen molar-refractivity contribution in [3.63, 3.8) is 0 Å². The van der Waals surface area contributed by atoms with Crippen LogP contribution < -0.4 is 21.5 Å². The highest BCUT2D eigenvalue weighted by atomic mass is 16.2. The number of piperazine rings is 1. The van der Waals surface area contributed by atoms with Crippen molar-refractivity contribution in [2.45, 2.75) is 6.92 Å². The number of nitrogens with one attached hydrogen (secondary N) is 3. The van der Waals surface area contributed by atoms with Gasteiger partial charge in [0.25, 0.3) is 5.56 Å². The minimum Gasteiger partial charge on any atom is -0.363 e. The molecule has 1 aromatic rings. The molecule has 0 saturated carbocycles. The Morgan fingerprint density at radius 1 is 1.13 bits per heavy atom. The van der Waals surface area contributed by atoms with Gasteiger partial charge in [-0.05, 0) is 6.92 Å². The SMILES string of the molecule is Cc1[nH]c(=O)[nH]c(=O)c1N1CCNCC1. The van der Waals surface area contributed by atoms with Crippen LogP contribution in [0.3, 0.4) is 0 Å². The Balaban J connectivity index is 2.42. The Kier molecular flexibility index (Phi) is 2.59. The second-order valence-corrected chi connectivity index (χ2v) is 3.62. The van der Waals surface area contributed by atoms with Crippen LogP contribution in [0.4, 0.5) is 5.69 Å². The number of hydrogen-bond acceptors (Lipinski definition) is 4. The lowest BCUT2D eigenvalue weighted by Crippen LogP contribution is -2.46. The van der Waals surface area contributed by atoms with E-state index in [9.17, 15) is 9.59 Å². The first kappa shape index (κ1) is 9.97. The Labute approximate surface area is 86.3 Å². The summed E-state index contributed by atoms with van der Waals surface area (Å²) in [6.45, 7) is 5.04. The summed E-state index contributed by atoms with van der Waals surface area (Å²) in [7, 11) is 0. The third-order valence-corrected chi connectivity index (χ3v) is 2.53. The van der Waals surface area contributed by atoms with E-state index in [0.717, 1.165) is 26.2 Å². The average Bonchev–Trinajstić information content (AvgIpc) is 2.17. The summed E-state index contributed by atoms with van der Waals surface area (Å²) in [5, 5.41) is 3.21. The Morgan fingerprint density at radius 3 is 2.40 bits per heavy atom. The van der Waals surface area contributed by atoms with Gasteiger partial charge in [-0.15, -0.1) is 0 Å². The number of aromatic nitrogens is 2. The van der Waals surface area contributed by atoms with Gasteiger partial charge in [0.1, 0.15) is 5.69 Å². The second-order valence-electron chi connectivity index (χ2n) is 3.62. The van der Waals surface area contributed by atoms with Crippen molar-refractivity contribution in [3.05, 3.63) is 26.5 Å². The maximum atomic E-state index is 11.6. The fourth-order valence-corrected chi connectivity index (χ4v) is 1.86. The van der Waals surface area contributed by atoms with Crippen LogP contribution in [0.2, 0.25) is 0 Å². The highest BCUT2D eigenvalue weighted by molar-refractivity contribution is 5.48. The third-order valence-electron chi connectivity index (χ3n) is 2.53. The van der Waals surface area contributed by atoms with Crippen molar-refractivity contribution < 1.29 is 0 Å². The summed E-state index contributed by atoms with van der Waals surface area (Å²) in [6, 6.07) is 0. The van der Waals surface area contributed by atoms with Crippen LogP contribution >= 0.6 is 0 Å². The zero-order chi connectivity index (χ0) is 10.8. The van der Waals surface area contributed by atoms with Crippen LogP contribution in [0.15, 0.2) is 9.59 Å². The lowest BCUT2D eigenvalue weighted by Gasteiger charge is -2.29. The summed E-state index contributed by atoms with van der Waals surface area (Å²) in [6.07, 6.45) is 0. The molecular weight excluding hydrogens is 196 g/mol. The van der Waals surface area contributed by atoms with E-state index < -0.39 is 5.69 Å². The van der Waals surface area contributed by atoms with Crippen LogP contribution in [0.1, 0.15) is 5.69 Å². The van der Waals surface area contributed by atoms with E-state index in [1.165, 1.54) is 0 Å².